The van der Waals surface area contributed by atoms with Gasteiger partial charge in [-0.05, 0) is 6.07 Å². The van der Waals surface area contributed by atoms with Crippen LogP contribution in [0.5, 0.6) is 0 Å². The van der Waals surface area contributed by atoms with E-state index in [9.17, 15) is 27.2 Å². The highest BCUT2D eigenvalue weighted by molar-refractivity contribution is 6.42. The molecule has 0 aliphatic carbocycles. The van der Waals surface area contributed by atoms with Crippen molar-refractivity contribution in [3.63, 3.8) is 0 Å². The molecule has 2 aromatic rings. The molecule has 0 saturated heterocycles. The highest BCUT2D eigenvalue weighted by atomic mass is 19.4. The number of halogens is 4. The minimum Gasteiger partial charge on any atom is -0.475 e. The number of aromatic nitrogens is 1. The number of aliphatic carboxylic acids is 1. The van der Waals surface area contributed by atoms with Gasteiger partial charge < -0.3 is 10.1 Å². The van der Waals surface area contributed by atoms with Crippen LogP contribution in [0.4, 0.5) is 17.6 Å². The number of nitrogens with one attached hydrogen (secondary N) is 1. The van der Waals surface area contributed by atoms with E-state index in [0.29, 0.717) is 0 Å². The van der Waals surface area contributed by atoms with E-state index >= 15 is 0 Å². The number of Topliss-reactive ketones (excluding diaryl/α,β-unsaturated/α-hetero) is 1. The molecule has 0 bridgehead atoms. The summed E-state index contributed by atoms with van der Waals surface area (Å²) in [7, 11) is 0. The standard InChI is InChI=1S/C11H5F4NO3/c12-5-3-1-2-4-6(8(17)10(18)19)9(11(13,14)15)16-7(4)5/h1-3,16H,(H,18,19). The number of rotatable bonds is 2. The first-order valence-electron chi connectivity index (χ1n) is 4.88. The van der Waals surface area contributed by atoms with E-state index in [1.165, 1.54) is 0 Å². The number of fused-ring (bicyclic) bond motifs is 1. The fraction of sp³-hybridized carbons (Fsp3) is 0.0909. The maximum atomic E-state index is 13.4. The number of aromatic amines is 1. The van der Waals surface area contributed by atoms with E-state index in [2.05, 4.69) is 0 Å². The molecule has 100 valence electrons. The molecule has 0 fully saturated rings. The van der Waals surface area contributed by atoms with Gasteiger partial charge in [0.1, 0.15) is 11.5 Å². The first-order valence-corrected chi connectivity index (χ1v) is 4.88. The third-order valence-electron chi connectivity index (χ3n) is 2.49. The van der Waals surface area contributed by atoms with Gasteiger partial charge in [-0.25, -0.2) is 9.18 Å². The molecule has 0 saturated carbocycles. The Morgan fingerprint density at radius 2 is 1.84 bits per heavy atom. The summed E-state index contributed by atoms with van der Waals surface area (Å²) in [5, 5.41) is 8.13. The lowest BCUT2D eigenvalue weighted by Gasteiger charge is -2.05. The smallest absolute Gasteiger partial charge is 0.432 e. The quantitative estimate of drug-likeness (QED) is 0.502. The number of hydrogen-bond acceptors (Lipinski definition) is 2. The maximum Gasteiger partial charge on any atom is 0.432 e. The minimum atomic E-state index is -4.99. The fourth-order valence-corrected chi connectivity index (χ4v) is 1.74. The predicted octanol–water partition coefficient (Wildman–Crippen LogP) is 2.59. The van der Waals surface area contributed by atoms with Crippen LogP contribution in [0.2, 0.25) is 0 Å². The average molecular weight is 275 g/mol. The summed E-state index contributed by atoms with van der Waals surface area (Å²) >= 11 is 0. The summed E-state index contributed by atoms with van der Waals surface area (Å²) in [5.74, 6) is -4.80. The Hall–Kier alpha value is -2.38. The number of carboxylic acids is 1. The Labute approximate surface area is 102 Å². The number of ketones is 1. The SMILES string of the molecule is O=C(O)C(=O)c1c(C(F)(F)F)[nH]c2c(F)cccc12. The molecule has 8 heteroatoms. The van der Waals surface area contributed by atoms with Crippen molar-refractivity contribution < 1.29 is 32.3 Å². The topological polar surface area (TPSA) is 70.2 Å². The van der Waals surface area contributed by atoms with Gasteiger partial charge >= 0.3 is 12.1 Å². The number of benzene rings is 1. The summed E-state index contributed by atoms with van der Waals surface area (Å²) in [6.45, 7) is 0. The van der Waals surface area contributed by atoms with E-state index in [1.54, 1.807) is 4.98 Å². The van der Waals surface area contributed by atoms with Crippen molar-refractivity contribution in [1.82, 2.24) is 4.98 Å². The molecule has 0 unspecified atom stereocenters. The van der Waals surface area contributed by atoms with Gasteiger partial charge in [-0.3, -0.25) is 4.79 Å². The molecule has 1 aromatic carbocycles. The minimum absolute atomic E-state index is 0.417. The third-order valence-corrected chi connectivity index (χ3v) is 2.49. The Bertz CT molecular complexity index is 687. The summed E-state index contributed by atoms with van der Waals surface area (Å²) in [5.41, 5.74) is -3.21. The number of carboxylic acid groups (broad SMARTS) is 1. The van der Waals surface area contributed by atoms with Crippen LogP contribution in [-0.2, 0) is 11.0 Å². The van der Waals surface area contributed by atoms with Crippen molar-refractivity contribution in [2.24, 2.45) is 0 Å². The van der Waals surface area contributed by atoms with Crippen molar-refractivity contribution in [3.05, 3.63) is 35.3 Å². The van der Waals surface area contributed by atoms with Crippen LogP contribution in [-0.4, -0.2) is 21.8 Å². The maximum absolute atomic E-state index is 13.4. The Morgan fingerprint density at radius 3 is 2.37 bits per heavy atom. The lowest BCUT2D eigenvalue weighted by Crippen LogP contribution is -2.18. The van der Waals surface area contributed by atoms with Crippen LogP contribution in [0.3, 0.4) is 0 Å². The van der Waals surface area contributed by atoms with Gasteiger partial charge in [0.15, 0.2) is 0 Å². The zero-order chi connectivity index (χ0) is 14.4. The highest BCUT2D eigenvalue weighted by Crippen LogP contribution is 2.36. The highest BCUT2D eigenvalue weighted by Gasteiger charge is 2.40. The first kappa shape index (κ1) is 13.1. The van der Waals surface area contributed by atoms with Gasteiger partial charge in [-0.1, -0.05) is 12.1 Å². The fourth-order valence-electron chi connectivity index (χ4n) is 1.74. The third kappa shape index (κ3) is 2.05. The van der Waals surface area contributed by atoms with Crippen LogP contribution in [0.25, 0.3) is 10.9 Å². The van der Waals surface area contributed by atoms with E-state index in [-0.39, 0.29) is 0 Å². The summed E-state index contributed by atoms with van der Waals surface area (Å²) < 4.78 is 51.6. The molecule has 1 aromatic heterocycles. The monoisotopic (exact) mass is 275 g/mol. The normalized spacial score (nSPS) is 11.8. The van der Waals surface area contributed by atoms with Gasteiger partial charge in [-0.2, -0.15) is 13.2 Å². The molecule has 4 nitrogen and oxygen atoms in total. The summed E-state index contributed by atoms with van der Waals surface area (Å²) in [6.07, 6.45) is -4.99. The van der Waals surface area contributed by atoms with E-state index in [4.69, 9.17) is 5.11 Å². The molecule has 0 atom stereocenters. The Kier molecular flexibility index (Phi) is 2.80. The largest absolute Gasteiger partial charge is 0.475 e. The predicted molar refractivity (Wildman–Crippen MR) is 55.2 cm³/mol. The van der Waals surface area contributed by atoms with Crippen LogP contribution in [0.15, 0.2) is 18.2 Å². The van der Waals surface area contributed by atoms with Gasteiger partial charge in [0.2, 0.25) is 0 Å². The molecule has 1 heterocycles. The van der Waals surface area contributed by atoms with E-state index in [1.807, 2.05) is 0 Å². The average Bonchev–Trinajstić information content (AvgIpc) is 2.68. The van der Waals surface area contributed by atoms with E-state index < -0.39 is 45.9 Å². The summed E-state index contributed by atoms with van der Waals surface area (Å²) in [4.78, 5) is 23.7. The second-order valence-corrected chi connectivity index (χ2v) is 3.67. The number of para-hydroxylation sites is 1. The second-order valence-electron chi connectivity index (χ2n) is 3.67. The second kappa shape index (κ2) is 4.08. The molecular formula is C11H5F4NO3. The van der Waals surface area contributed by atoms with Crippen molar-refractivity contribution in [1.29, 1.82) is 0 Å². The van der Waals surface area contributed by atoms with Gasteiger partial charge in [0.25, 0.3) is 5.78 Å². The molecule has 0 aliphatic rings. The number of carbonyl (C=O) groups excluding carboxylic acids is 1. The van der Waals surface area contributed by atoms with Crippen molar-refractivity contribution in [3.8, 4) is 0 Å². The Balaban J connectivity index is 2.88. The number of hydrogen-bond donors (Lipinski definition) is 2. The summed E-state index contributed by atoms with van der Waals surface area (Å²) in [6, 6.07) is 3.03. The molecule has 0 radical (unpaired) electrons. The first-order chi connectivity index (χ1) is 8.73. The van der Waals surface area contributed by atoms with Gasteiger partial charge in [-0.15, -0.1) is 0 Å². The van der Waals surface area contributed by atoms with Crippen molar-refractivity contribution in [2.75, 3.05) is 0 Å². The molecule has 19 heavy (non-hydrogen) atoms. The number of carbonyl (C=O) groups is 2. The zero-order valence-corrected chi connectivity index (χ0v) is 9.01. The van der Waals surface area contributed by atoms with Gasteiger partial charge in [0, 0.05) is 5.39 Å². The van der Waals surface area contributed by atoms with Crippen molar-refractivity contribution >= 4 is 22.7 Å². The van der Waals surface area contributed by atoms with Crippen molar-refractivity contribution in [2.45, 2.75) is 6.18 Å². The van der Waals surface area contributed by atoms with E-state index in [0.717, 1.165) is 18.2 Å². The van der Waals surface area contributed by atoms with Crippen LogP contribution >= 0.6 is 0 Å². The molecule has 2 N–H and O–H groups in total. The van der Waals surface area contributed by atoms with Gasteiger partial charge in [0.05, 0.1) is 11.1 Å². The molecule has 0 amide bonds. The molecule has 0 aliphatic heterocycles. The van der Waals surface area contributed by atoms with Crippen LogP contribution in [0, 0.1) is 5.82 Å². The lowest BCUT2D eigenvalue weighted by atomic mass is 10.1. The molecular weight excluding hydrogens is 270 g/mol. The molecule has 0 spiro atoms. The Morgan fingerprint density at radius 1 is 1.21 bits per heavy atom. The number of alkyl halides is 3. The lowest BCUT2D eigenvalue weighted by molar-refractivity contribution is -0.141. The zero-order valence-electron chi connectivity index (χ0n) is 9.01. The molecule has 2 rings (SSSR count). The van der Waals surface area contributed by atoms with Crippen LogP contribution < -0.4 is 0 Å². The van der Waals surface area contributed by atoms with Crippen LogP contribution in [0.1, 0.15) is 16.1 Å². The number of H-pyrrole nitrogens is 1.